The topological polar surface area (TPSA) is 92.7 Å². The molecule has 76 valence electrons. The fraction of sp³-hybridized carbons (Fsp3) is 0.833. The van der Waals surface area contributed by atoms with Crippen LogP contribution in [-0.4, -0.2) is 44.4 Å². The molecule has 0 aromatic carbocycles. The normalized spacial score (nSPS) is 29.0. The van der Waals surface area contributed by atoms with Crippen LogP contribution in [0.4, 0.5) is 0 Å². The van der Waals surface area contributed by atoms with Crippen molar-refractivity contribution in [1.82, 2.24) is 5.32 Å². The van der Waals surface area contributed by atoms with Crippen LogP contribution in [-0.2, 0) is 19.1 Å². The molecular formula is C6H11NO5S. The zero-order valence-electron chi connectivity index (χ0n) is 7.06. The number of hydrogen-bond donors (Lipinski definition) is 2. The first-order valence-corrected chi connectivity index (χ1v) is 5.54. The Bertz CT molecular complexity index is 298. The molecule has 1 heterocycles. The highest BCUT2D eigenvalue weighted by Gasteiger charge is 2.31. The third-order valence-electron chi connectivity index (χ3n) is 1.70. The lowest BCUT2D eigenvalue weighted by Crippen LogP contribution is -2.30. The lowest BCUT2D eigenvalue weighted by Gasteiger charge is -2.06. The van der Waals surface area contributed by atoms with Gasteiger partial charge in [-0.25, -0.2) is 0 Å². The molecule has 1 unspecified atom stereocenters. The van der Waals surface area contributed by atoms with Gasteiger partial charge in [-0.05, 0) is 0 Å². The molecule has 6 nitrogen and oxygen atoms in total. The van der Waals surface area contributed by atoms with E-state index in [-0.39, 0.29) is 13.0 Å². The van der Waals surface area contributed by atoms with E-state index in [2.05, 4.69) is 9.50 Å². The molecule has 1 aliphatic rings. The maximum atomic E-state index is 10.7. The molecule has 1 aliphatic heterocycles. The van der Waals surface area contributed by atoms with Gasteiger partial charge in [0.15, 0.2) is 0 Å². The molecule has 1 fully saturated rings. The monoisotopic (exact) mass is 209 g/mol. The van der Waals surface area contributed by atoms with E-state index in [1.807, 2.05) is 0 Å². The van der Waals surface area contributed by atoms with Gasteiger partial charge in [0.2, 0.25) is 0 Å². The molecule has 2 atom stereocenters. The number of nitrogens with one attached hydrogen (secondary N) is 1. The van der Waals surface area contributed by atoms with Crippen molar-refractivity contribution in [1.29, 1.82) is 0 Å². The van der Waals surface area contributed by atoms with Crippen LogP contribution < -0.4 is 5.32 Å². The van der Waals surface area contributed by atoms with Gasteiger partial charge in [-0.15, -0.1) is 0 Å². The van der Waals surface area contributed by atoms with Crippen molar-refractivity contribution in [2.75, 3.05) is 12.8 Å². The summed E-state index contributed by atoms with van der Waals surface area (Å²) in [5.74, 6) is -0.986. The molecule has 0 amide bonds. The van der Waals surface area contributed by atoms with E-state index in [4.69, 9.17) is 5.11 Å². The lowest BCUT2D eigenvalue weighted by atomic mass is 10.2. The summed E-state index contributed by atoms with van der Waals surface area (Å²) >= 11 is 0. The molecule has 0 saturated carbocycles. The quantitative estimate of drug-likeness (QED) is 0.566. The molecule has 2 N–H and O–H groups in total. The number of carboxylic acid groups (broad SMARTS) is 1. The predicted molar refractivity (Wildman–Crippen MR) is 43.8 cm³/mol. The summed E-state index contributed by atoms with van der Waals surface area (Å²) in [4.78, 5) is 10.4. The van der Waals surface area contributed by atoms with Gasteiger partial charge < -0.3 is 10.4 Å². The first-order chi connectivity index (χ1) is 5.88. The van der Waals surface area contributed by atoms with Crippen molar-refractivity contribution in [3.63, 3.8) is 0 Å². The Kier molecular flexibility index (Phi) is 2.89. The van der Waals surface area contributed by atoms with Crippen molar-refractivity contribution in [3.8, 4) is 0 Å². The van der Waals surface area contributed by atoms with Crippen LogP contribution in [0, 0.1) is 0 Å². The fourth-order valence-corrected chi connectivity index (χ4v) is 1.85. The summed E-state index contributed by atoms with van der Waals surface area (Å²) in [7, 11) is -3.49. The molecule has 0 radical (unpaired) electrons. The van der Waals surface area contributed by atoms with Crippen LogP contribution in [0.3, 0.4) is 0 Å². The Morgan fingerprint density at radius 1 is 1.62 bits per heavy atom. The Morgan fingerprint density at radius 3 is 2.62 bits per heavy atom. The summed E-state index contributed by atoms with van der Waals surface area (Å²) in [6.45, 7) is 0.254. The zero-order valence-corrected chi connectivity index (χ0v) is 7.87. The van der Waals surface area contributed by atoms with Crippen molar-refractivity contribution < 1.29 is 22.5 Å². The number of hydrogen-bond acceptors (Lipinski definition) is 5. The first-order valence-electron chi connectivity index (χ1n) is 3.73. The molecule has 0 aromatic heterocycles. The van der Waals surface area contributed by atoms with Crippen LogP contribution in [0.25, 0.3) is 0 Å². The van der Waals surface area contributed by atoms with Crippen molar-refractivity contribution in [2.45, 2.75) is 18.6 Å². The molecule has 0 aliphatic carbocycles. The lowest BCUT2D eigenvalue weighted by molar-refractivity contribution is -0.139. The first kappa shape index (κ1) is 10.4. The van der Waals surface area contributed by atoms with Crippen molar-refractivity contribution in [2.24, 2.45) is 0 Å². The Balaban J connectivity index is 2.47. The Hall–Kier alpha value is -0.660. The Labute approximate surface area is 76.0 Å². The van der Waals surface area contributed by atoms with E-state index in [1.165, 1.54) is 0 Å². The third-order valence-corrected chi connectivity index (χ3v) is 2.32. The average Bonchev–Trinajstić information content (AvgIpc) is 2.31. The second-order valence-electron chi connectivity index (χ2n) is 2.96. The largest absolute Gasteiger partial charge is 0.480 e. The molecule has 7 heteroatoms. The maximum absolute atomic E-state index is 10.7. The third kappa shape index (κ3) is 3.29. The van der Waals surface area contributed by atoms with Gasteiger partial charge in [0.1, 0.15) is 6.04 Å². The molecule has 0 spiro atoms. The molecule has 1 saturated heterocycles. The highest BCUT2D eigenvalue weighted by Crippen LogP contribution is 2.12. The molecule has 0 bridgehead atoms. The van der Waals surface area contributed by atoms with Gasteiger partial charge in [-0.2, -0.15) is 8.42 Å². The second kappa shape index (κ2) is 3.60. The van der Waals surface area contributed by atoms with E-state index >= 15 is 0 Å². The minimum Gasteiger partial charge on any atom is -0.480 e. The fourth-order valence-electron chi connectivity index (χ4n) is 1.21. The minimum atomic E-state index is -3.49. The molecule has 1 rings (SSSR count). The van der Waals surface area contributed by atoms with E-state index < -0.39 is 28.2 Å². The van der Waals surface area contributed by atoms with E-state index in [1.54, 1.807) is 0 Å². The standard InChI is InChI=1S/C6H11NO5S/c1-13(10,11)12-4-2-5(6(8)9)7-3-4/h4-5,7H,2-3H2,1H3,(H,8,9)/t4?,5-/m0/s1. The van der Waals surface area contributed by atoms with Crippen LogP contribution in [0.15, 0.2) is 0 Å². The summed E-state index contributed by atoms with van der Waals surface area (Å²) in [5, 5.41) is 11.2. The SMILES string of the molecule is CS(=O)(=O)OC1CN[C@H](C(=O)O)C1. The van der Waals surface area contributed by atoms with Crippen LogP contribution in [0.1, 0.15) is 6.42 Å². The van der Waals surface area contributed by atoms with Crippen LogP contribution in [0.2, 0.25) is 0 Å². The highest BCUT2D eigenvalue weighted by molar-refractivity contribution is 7.86. The van der Waals surface area contributed by atoms with Gasteiger partial charge in [-0.3, -0.25) is 8.98 Å². The molecule has 0 aromatic rings. The second-order valence-corrected chi connectivity index (χ2v) is 4.56. The van der Waals surface area contributed by atoms with Crippen molar-refractivity contribution >= 4 is 16.1 Å². The van der Waals surface area contributed by atoms with E-state index in [0.717, 1.165) is 6.26 Å². The van der Waals surface area contributed by atoms with Gasteiger partial charge in [0, 0.05) is 13.0 Å². The van der Waals surface area contributed by atoms with Crippen LogP contribution in [0.5, 0.6) is 0 Å². The van der Waals surface area contributed by atoms with Gasteiger partial charge in [0.05, 0.1) is 12.4 Å². The predicted octanol–water partition coefficient (Wildman–Crippen LogP) is -1.22. The van der Waals surface area contributed by atoms with E-state index in [9.17, 15) is 13.2 Å². The van der Waals surface area contributed by atoms with Gasteiger partial charge in [0.25, 0.3) is 10.1 Å². The summed E-state index contributed by atoms with van der Waals surface area (Å²) in [6, 6.07) is -0.702. The minimum absolute atomic E-state index is 0.183. The van der Waals surface area contributed by atoms with Gasteiger partial charge >= 0.3 is 5.97 Å². The number of aliphatic carboxylic acids is 1. The van der Waals surface area contributed by atoms with Crippen LogP contribution >= 0.6 is 0 Å². The molecule has 13 heavy (non-hydrogen) atoms. The van der Waals surface area contributed by atoms with Gasteiger partial charge in [-0.1, -0.05) is 0 Å². The number of carbonyl (C=O) groups is 1. The summed E-state index contributed by atoms with van der Waals surface area (Å²) in [6.07, 6.45) is 0.569. The summed E-state index contributed by atoms with van der Waals surface area (Å²) in [5.41, 5.74) is 0. The maximum Gasteiger partial charge on any atom is 0.320 e. The number of carboxylic acids is 1. The smallest absolute Gasteiger partial charge is 0.320 e. The zero-order chi connectivity index (χ0) is 10.1. The number of rotatable bonds is 3. The van der Waals surface area contributed by atoms with E-state index in [0.29, 0.717) is 0 Å². The van der Waals surface area contributed by atoms with Crippen molar-refractivity contribution in [3.05, 3.63) is 0 Å². The summed E-state index contributed by atoms with van der Waals surface area (Å²) < 4.78 is 26.0. The Morgan fingerprint density at radius 2 is 2.23 bits per heavy atom. The average molecular weight is 209 g/mol. The highest BCUT2D eigenvalue weighted by atomic mass is 32.2. The molecular weight excluding hydrogens is 198 g/mol.